The van der Waals surface area contributed by atoms with Crippen molar-refractivity contribution in [3.8, 4) is 0 Å². The lowest BCUT2D eigenvalue weighted by atomic mass is 9.94. The zero-order chi connectivity index (χ0) is 12.9. The van der Waals surface area contributed by atoms with Crippen LogP contribution in [0.25, 0.3) is 10.9 Å². The molecule has 1 aliphatic carbocycles. The van der Waals surface area contributed by atoms with Gasteiger partial charge in [-0.2, -0.15) is 0 Å². The minimum absolute atomic E-state index is 0.115. The number of aromatic nitrogens is 1. The number of aryl methyl sites for hydroxylation is 1. The average molecular weight is 272 g/mol. The lowest BCUT2D eigenvalue weighted by Gasteiger charge is -2.18. The molecule has 0 N–H and O–H groups in total. The number of rotatable bonds is 0. The van der Waals surface area contributed by atoms with Gasteiger partial charge in [0.1, 0.15) is 11.3 Å². The maximum Gasteiger partial charge on any atom is 0.185 e. The Labute approximate surface area is 107 Å². The smallest absolute Gasteiger partial charge is 0.185 e. The predicted octanol–water partition coefficient (Wildman–Crippen LogP) is 4.18. The number of halogens is 4. The molecule has 1 aromatic carbocycles. The Morgan fingerprint density at radius 1 is 1.06 bits per heavy atom. The summed E-state index contributed by atoms with van der Waals surface area (Å²) in [5.41, 5.74) is 1.11. The van der Waals surface area contributed by atoms with E-state index in [9.17, 15) is 13.2 Å². The zero-order valence-electron chi connectivity index (χ0n) is 9.36. The normalized spacial score (nSPS) is 14.9. The molecule has 0 aliphatic heterocycles. The van der Waals surface area contributed by atoms with Crippen molar-refractivity contribution in [2.45, 2.75) is 25.7 Å². The first-order chi connectivity index (χ1) is 8.59. The van der Waals surface area contributed by atoms with E-state index in [1.165, 1.54) is 0 Å². The third-order valence-electron chi connectivity index (χ3n) is 3.32. The Kier molecular flexibility index (Phi) is 2.70. The Morgan fingerprint density at radius 3 is 2.56 bits per heavy atom. The van der Waals surface area contributed by atoms with Crippen LogP contribution in [0.2, 0.25) is 5.02 Å². The minimum Gasteiger partial charge on any atom is -0.249 e. The molecule has 1 aromatic heterocycles. The van der Waals surface area contributed by atoms with E-state index in [1.54, 1.807) is 0 Å². The molecule has 0 bridgehead atoms. The van der Waals surface area contributed by atoms with Crippen LogP contribution in [0.5, 0.6) is 0 Å². The van der Waals surface area contributed by atoms with Gasteiger partial charge in [-0.3, -0.25) is 0 Å². The molecule has 0 saturated heterocycles. The van der Waals surface area contributed by atoms with Gasteiger partial charge in [-0.25, -0.2) is 18.2 Å². The summed E-state index contributed by atoms with van der Waals surface area (Å²) in [6.07, 6.45) is 3.25. The fourth-order valence-corrected chi connectivity index (χ4v) is 2.81. The molecule has 0 radical (unpaired) electrons. The van der Waals surface area contributed by atoms with Crippen molar-refractivity contribution in [3.05, 3.63) is 39.8 Å². The fourth-order valence-electron chi connectivity index (χ4n) is 2.43. The number of hydrogen-bond donors (Lipinski definition) is 0. The van der Waals surface area contributed by atoms with Gasteiger partial charge in [-0.15, -0.1) is 0 Å². The van der Waals surface area contributed by atoms with Crippen LogP contribution >= 0.6 is 11.6 Å². The van der Waals surface area contributed by atoms with Crippen LogP contribution in [-0.4, -0.2) is 4.98 Å². The van der Waals surface area contributed by atoms with Crippen LogP contribution in [-0.2, 0) is 12.8 Å². The van der Waals surface area contributed by atoms with Crippen molar-refractivity contribution in [3.63, 3.8) is 0 Å². The summed E-state index contributed by atoms with van der Waals surface area (Å²) in [6, 6.07) is 0.514. The number of benzene rings is 1. The molecule has 0 spiro atoms. The standard InChI is InChI=1S/C13H9ClF3N/c14-11-6-3-1-2-4-9(6)18-13-10(11)7(15)5-8(16)12(13)17/h5H,1-4H2. The summed E-state index contributed by atoms with van der Waals surface area (Å²) in [4.78, 5) is 4.06. The second-order valence-electron chi connectivity index (χ2n) is 4.44. The van der Waals surface area contributed by atoms with Crippen LogP contribution < -0.4 is 0 Å². The van der Waals surface area contributed by atoms with Gasteiger partial charge in [0, 0.05) is 11.8 Å². The largest absolute Gasteiger partial charge is 0.249 e. The minimum atomic E-state index is -1.24. The summed E-state index contributed by atoms with van der Waals surface area (Å²) >= 11 is 6.12. The molecule has 0 fully saturated rings. The van der Waals surface area contributed by atoms with E-state index < -0.39 is 17.5 Å². The summed E-state index contributed by atoms with van der Waals surface area (Å²) in [5.74, 6) is -3.24. The van der Waals surface area contributed by atoms with Gasteiger partial charge in [0.05, 0.1) is 10.4 Å². The monoisotopic (exact) mass is 271 g/mol. The van der Waals surface area contributed by atoms with Crippen molar-refractivity contribution < 1.29 is 13.2 Å². The van der Waals surface area contributed by atoms with E-state index in [-0.39, 0.29) is 15.9 Å². The highest BCUT2D eigenvalue weighted by molar-refractivity contribution is 6.36. The van der Waals surface area contributed by atoms with E-state index in [0.29, 0.717) is 24.6 Å². The van der Waals surface area contributed by atoms with Gasteiger partial charge in [0.25, 0.3) is 0 Å². The molecule has 0 saturated carbocycles. The predicted molar refractivity (Wildman–Crippen MR) is 63.3 cm³/mol. The molecule has 0 amide bonds. The molecule has 94 valence electrons. The zero-order valence-corrected chi connectivity index (χ0v) is 10.1. The quantitative estimate of drug-likeness (QED) is 0.655. The van der Waals surface area contributed by atoms with Crippen LogP contribution in [0.15, 0.2) is 6.07 Å². The Morgan fingerprint density at radius 2 is 1.78 bits per heavy atom. The van der Waals surface area contributed by atoms with E-state index in [2.05, 4.69) is 4.98 Å². The second-order valence-corrected chi connectivity index (χ2v) is 4.81. The van der Waals surface area contributed by atoms with Crippen molar-refractivity contribution >= 4 is 22.5 Å². The van der Waals surface area contributed by atoms with Crippen molar-refractivity contribution in [1.29, 1.82) is 0 Å². The molecule has 0 atom stereocenters. The maximum absolute atomic E-state index is 13.7. The third kappa shape index (κ3) is 1.59. The van der Waals surface area contributed by atoms with Gasteiger partial charge in [-0.1, -0.05) is 11.6 Å². The second kappa shape index (κ2) is 4.12. The first kappa shape index (κ1) is 11.8. The maximum atomic E-state index is 13.7. The Balaban J connectivity index is 2.45. The molecule has 3 rings (SSSR count). The summed E-state index contributed by atoms with van der Waals surface area (Å²) in [5, 5.41) is 0.0577. The highest BCUT2D eigenvalue weighted by Crippen LogP contribution is 2.35. The molecule has 5 heteroatoms. The number of fused-ring (bicyclic) bond motifs is 2. The molecule has 0 unspecified atom stereocenters. The van der Waals surface area contributed by atoms with Gasteiger partial charge >= 0.3 is 0 Å². The Hall–Kier alpha value is -1.29. The summed E-state index contributed by atoms with van der Waals surface area (Å²) in [6.45, 7) is 0. The molecular weight excluding hydrogens is 263 g/mol. The SMILES string of the molecule is Fc1cc(F)c2c(Cl)c3c(nc2c1F)CCCC3. The lowest BCUT2D eigenvalue weighted by molar-refractivity contribution is 0.503. The number of pyridine rings is 1. The van der Waals surface area contributed by atoms with Crippen molar-refractivity contribution in [1.82, 2.24) is 4.98 Å². The first-order valence-electron chi connectivity index (χ1n) is 5.74. The van der Waals surface area contributed by atoms with Crippen LogP contribution in [0.1, 0.15) is 24.1 Å². The number of hydrogen-bond acceptors (Lipinski definition) is 1. The van der Waals surface area contributed by atoms with Gasteiger partial charge in [0.15, 0.2) is 11.6 Å². The summed E-state index contributed by atoms with van der Waals surface area (Å²) < 4.78 is 40.6. The molecule has 1 aliphatic rings. The molecular formula is C13H9ClF3N. The Bertz CT molecular complexity index is 655. The third-order valence-corrected chi connectivity index (χ3v) is 3.73. The first-order valence-corrected chi connectivity index (χ1v) is 6.12. The lowest BCUT2D eigenvalue weighted by Crippen LogP contribution is -2.08. The van der Waals surface area contributed by atoms with Gasteiger partial charge in [0.2, 0.25) is 0 Å². The highest BCUT2D eigenvalue weighted by atomic mass is 35.5. The van der Waals surface area contributed by atoms with Gasteiger partial charge in [-0.05, 0) is 31.2 Å². The summed E-state index contributed by atoms with van der Waals surface area (Å²) in [7, 11) is 0. The average Bonchev–Trinajstić information content (AvgIpc) is 2.36. The van der Waals surface area contributed by atoms with Crippen molar-refractivity contribution in [2.75, 3.05) is 0 Å². The van der Waals surface area contributed by atoms with E-state index in [1.807, 2.05) is 0 Å². The molecule has 1 nitrogen and oxygen atoms in total. The molecule has 18 heavy (non-hydrogen) atoms. The van der Waals surface area contributed by atoms with Crippen LogP contribution in [0, 0.1) is 17.5 Å². The molecule has 1 heterocycles. The van der Waals surface area contributed by atoms with Crippen LogP contribution in [0.4, 0.5) is 13.2 Å². The van der Waals surface area contributed by atoms with Crippen LogP contribution in [0.3, 0.4) is 0 Å². The van der Waals surface area contributed by atoms with Gasteiger partial charge < -0.3 is 0 Å². The topological polar surface area (TPSA) is 12.9 Å². The van der Waals surface area contributed by atoms with E-state index in [4.69, 9.17) is 11.6 Å². The molecule has 2 aromatic rings. The number of nitrogens with zero attached hydrogens (tertiary/aromatic N) is 1. The fraction of sp³-hybridized carbons (Fsp3) is 0.308. The van der Waals surface area contributed by atoms with Crippen molar-refractivity contribution in [2.24, 2.45) is 0 Å². The van der Waals surface area contributed by atoms with E-state index >= 15 is 0 Å². The van der Waals surface area contributed by atoms with E-state index in [0.717, 1.165) is 18.4 Å². The highest BCUT2D eigenvalue weighted by Gasteiger charge is 2.22.